The van der Waals surface area contributed by atoms with E-state index in [1.54, 1.807) is 0 Å². The molecule has 0 saturated carbocycles. The van der Waals surface area contributed by atoms with Crippen LogP contribution < -0.4 is 0 Å². The number of aliphatic imine (C=N–C) groups is 2. The molecule has 0 bridgehead atoms. The molecule has 0 heterocycles. The molecule has 0 radical (unpaired) electrons. The normalized spacial score (nSPS) is 12.4. The molecule has 0 aromatic heterocycles. The lowest BCUT2D eigenvalue weighted by Crippen LogP contribution is -1.84. The van der Waals surface area contributed by atoms with Gasteiger partial charge in [-0.05, 0) is 26.6 Å². The summed E-state index contributed by atoms with van der Waals surface area (Å²) in [4.78, 5) is 7.62. The number of nitrogens with zero attached hydrogens (tertiary/aromatic N) is 2. The molecule has 0 aliphatic rings. The second-order valence-electron chi connectivity index (χ2n) is 1.66. The first-order valence-corrected chi connectivity index (χ1v) is 2.87. The van der Waals surface area contributed by atoms with Crippen LogP contribution in [0.15, 0.2) is 22.1 Å². The maximum absolute atomic E-state index is 4.03. The van der Waals surface area contributed by atoms with Gasteiger partial charge in [-0.3, -0.25) is 9.98 Å². The lowest BCUT2D eigenvalue weighted by atomic mass is 10.4. The van der Waals surface area contributed by atoms with E-state index in [9.17, 15) is 0 Å². The zero-order valence-electron chi connectivity index (χ0n) is 5.96. The molecule has 0 N–H and O–H groups in total. The molecule has 0 fully saturated rings. The molecular weight excluding hydrogens is 112 g/mol. The van der Waals surface area contributed by atoms with E-state index in [-0.39, 0.29) is 0 Å². The van der Waals surface area contributed by atoms with E-state index in [2.05, 4.69) is 16.7 Å². The number of allylic oxidation sites excluding steroid dienone is 2. The molecule has 9 heavy (non-hydrogen) atoms. The SMILES string of the molecule is C=NCN=C(C)/C=C\C. The fraction of sp³-hybridized carbons (Fsp3) is 0.429. The summed E-state index contributed by atoms with van der Waals surface area (Å²) in [6.45, 7) is 7.67. The van der Waals surface area contributed by atoms with Gasteiger partial charge in [0.05, 0.1) is 0 Å². The molecule has 50 valence electrons. The van der Waals surface area contributed by atoms with Gasteiger partial charge in [0.2, 0.25) is 0 Å². The van der Waals surface area contributed by atoms with Gasteiger partial charge in [0.15, 0.2) is 0 Å². The summed E-state index contributed by atoms with van der Waals surface area (Å²) in [7, 11) is 0. The summed E-state index contributed by atoms with van der Waals surface area (Å²) in [6.07, 6.45) is 3.88. The first kappa shape index (κ1) is 8.08. The van der Waals surface area contributed by atoms with Crippen molar-refractivity contribution in [3.63, 3.8) is 0 Å². The summed E-state index contributed by atoms with van der Waals surface area (Å²) in [5.74, 6) is 0. The Hall–Kier alpha value is -0.920. The van der Waals surface area contributed by atoms with E-state index in [0.29, 0.717) is 6.67 Å². The maximum atomic E-state index is 4.03. The highest BCUT2D eigenvalue weighted by Gasteiger charge is 1.76. The summed E-state index contributed by atoms with van der Waals surface area (Å²) in [5.41, 5.74) is 0.991. The van der Waals surface area contributed by atoms with Crippen LogP contribution in [0.25, 0.3) is 0 Å². The zero-order valence-corrected chi connectivity index (χ0v) is 5.96. The van der Waals surface area contributed by atoms with Crippen molar-refractivity contribution in [1.82, 2.24) is 0 Å². The standard InChI is InChI=1S/C7H12N2/c1-4-5-7(2)9-6-8-3/h4-5H,3,6H2,1-2H3/b5-4-,9-7?. The van der Waals surface area contributed by atoms with Crippen molar-refractivity contribution in [3.8, 4) is 0 Å². The van der Waals surface area contributed by atoms with Crippen LogP contribution in [0.5, 0.6) is 0 Å². The molecule has 0 aliphatic carbocycles. The Morgan fingerprint density at radius 1 is 1.67 bits per heavy atom. The van der Waals surface area contributed by atoms with Gasteiger partial charge >= 0.3 is 0 Å². The summed E-state index contributed by atoms with van der Waals surface area (Å²) < 4.78 is 0. The van der Waals surface area contributed by atoms with Gasteiger partial charge in [0, 0.05) is 5.71 Å². The summed E-state index contributed by atoms with van der Waals surface area (Å²) in [6, 6.07) is 0. The van der Waals surface area contributed by atoms with E-state index < -0.39 is 0 Å². The minimum Gasteiger partial charge on any atom is -0.278 e. The first-order chi connectivity index (χ1) is 4.31. The summed E-state index contributed by atoms with van der Waals surface area (Å²) in [5, 5.41) is 0. The van der Waals surface area contributed by atoms with E-state index in [1.165, 1.54) is 0 Å². The van der Waals surface area contributed by atoms with Crippen LogP contribution in [0.2, 0.25) is 0 Å². The van der Waals surface area contributed by atoms with Crippen LogP contribution in [-0.4, -0.2) is 19.1 Å². The molecular formula is C7H12N2. The molecule has 0 atom stereocenters. The predicted octanol–water partition coefficient (Wildman–Crippen LogP) is 1.68. The quantitative estimate of drug-likeness (QED) is 0.511. The third-order valence-corrected chi connectivity index (χ3v) is 0.828. The van der Waals surface area contributed by atoms with Crippen LogP contribution in [-0.2, 0) is 0 Å². The largest absolute Gasteiger partial charge is 0.278 e. The van der Waals surface area contributed by atoms with Crippen molar-refractivity contribution < 1.29 is 0 Å². The number of hydrogen-bond donors (Lipinski definition) is 0. The number of rotatable bonds is 3. The topological polar surface area (TPSA) is 24.7 Å². The van der Waals surface area contributed by atoms with Gasteiger partial charge in [-0.1, -0.05) is 6.08 Å². The van der Waals surface area contributed by atoms with Crippen LogP contribution in [0.4, 0.5) is 0 Å². The molecule has 0 aliphatic heterocycles. The highest BCUT2D eigenvalue weighted by Crippen LogP contribution is 1.80. The molecule has 0 spiro atoms. The van der Waals surface area contributed by atoms with E-state index >= 15 is 0 Å². The molecule has 0 aromatic rings. The molecule has 0 aromatic carbocycles. The molecule has 0 unspecified atom stereocenters. The fourth-order valence-corrected chi connectivity index (χ4v) is 0.455. The van der Waals surface area contributed by atoms with E-state index in [0.717, 1.165) is 5.71 Å². The number of hydrogen-bond acceptors (Lipinski definition) is 2. The van der Waals surface area contributed by atoms with Gasteiger partial charge in [-0.25, -0.2) is 0 Å². The third-order valence-electron chi connectivity index (χ3n) is 0.828. The monoisotopic (exact) mass is 124 g/mol. The van der Waals surface area contributed by atoms with Gasteiger partial charge in [-0.15, -0.1) is 0 Å². The van der Waals surface area contributed by atoms with Crippen LogP contribution in [0.1, 0.15) is 13.8 Å². The minimum absolute atomic E-state index is 0.468. The van der Waals surface area contributed by atoms with Crippen molar-refractivity contribution in [1.29, 1.82) is 0 Å². The molecule has 2 heteroatoms. The highest BCUT2D eigenvalue weighted by atomic mass is 14.9. The molecule has 0 amide bonds. The third kappa shape index (κ3) is 4.94. The Kier molecular flexibility index (Phi) is 4.69. The lowest BCUT2D eigenvalue weighted by Gasteiger charge is -1.86. The molecule has 0 saturated heterocycles. The average Bonchev–Trinajstić information content (AvgIpc) is 1.85. The Morgan fingerprint density at radius 3 is 2.78 bits per heavy atom. The molecule has 2 nitrogen and oxygen atoms in total. The van der Waals surface area contributed by atoms with Crippen molar-refractivity contribution in [2.45, 2.75) is 13.8 Å². The van der Waals surface area contributed by atoms with Crippen LogP contribution in [0, 0.1) is 0 Å². The van der Waals surface area contributed by atoms with Crippen LogP contribution in [0.3, 0.4) is 0 Å². The predicted molar refractivity (Wildman–Crippen MR) is 42.3 cm³/mol. The van der Waals surface area contributed by atoms with Crippen LogP contribution >= 0.6 is 0 Å². The lowest BCUT2D eigenvalue weighted by molar-refractivity contribution is 1.08. The maximum Gasteiger partial charge on any atom is 0.128 e. The first-order valence-electron chi connectivity index (χ1n) is 2.87. The van der Waals surface area contributed by atoms with Crippen molar-refractivity contribution in [3.05, 3.63) is 12.2 Å². The highest BCUT2D eigenvalue weighted by molar-refractivity contribution is 5.92. The van der Waals surface area contributed by atoms with Crippen molar-refractivity contribution in [2.75, 3.05) is 6.67 Å². The Balaban J connectivity index is 3.68. The van der Waals surface area contributed by atoms with Crippen molar-refractivity contribution in [2.24, 2.45) is 9.98 Å². The van der Waals surface area contributed by atoms with Crippen molar-refractivity contribution >= 4 is 12.4 Å². The van der Waals surface area contributed by atoms with Gasteiger partial charge in [0.25, 0.3) is 0 Å². The van der Waals surface area contributed by atoms with Gasteiger partial charge < -0.3 is 0 Å². The zero-order chi connectivity index (χ0) is 7.11. The smallest absolute Gasteiger partial charge is 0.128 e. The molecule has 0 rings (SSSR count). The second kappa shape index (κ2) is 5.22. The van der Waals surface area contributed by atoms with Gasteiger partial charge in [0.1, 0.15) is 6.67 Å². The Morgan fingerprint density at radius 2 is 2.33 bits per heavy atom. The van der Waals surface area contributed by atoms with E-state index in [4.69, 9.17) is 0 Å². The summed E-state index contributed by atoms with van der Waals surface area (Å²) >= 11 is 0. The Bertz CT molecular complexity index is 134. The Labute approximate surface area is 56.0 Å². The fourth-order valence-electron chi connectivity index (χ4n) is 0.455. The minimum atomic E-state index is 0.468. The average molecular weight is 124 g/mol. The second-order valence-corrected chi connectivity index (χ2v) is 1.66. The van der Waals surface area contributed by atoms with E-state index in [1.807, 2.05) is 26.0 Å². The van der Waals surface area contributed by atoms with Gasteiger partial charge in [-0.2, -0.15) is 0 Å².